The molecule has 0 heterocycles. The van der Waals surface area contributed by atoms with Gasteiger partial charge in [0.1, 0.15) is 23.7 Å². The first kappa shape index (κ1) is 15.6. The highest BCUT2D eigenvalue weighted by molar-refractivity contribution is 8.02. The molecule has 0 aliphatic carbocycles. The molecule has 2 aromatic carbocycles. The van der Waals surface area contributed by atoms with E-state index in [0.29, 0.717) is 5.94 Å². The van der Waals surface area contributed by atoms with Crippen LogP contribution in [0.25, 0.3) is 0 Å². The van der Waals surface area contributed by atoms with E-state index < -0.39 is 0 Å². The third-order valence-electron chi connectivity index (χ3n) is 2.33. The van der Waals surface area contributed by atoms with Crippen molar-refractivity contribution >= 4 is 23.5 Å². The minimum absolute atomic E-state index is 0.241. The second-order valence-electron chi connectivity index (χ2n) is 3.85. The van der Waals surface area contributed by atoms with E-state index in [9.17, 15) is 0 Å². The highest BCUT2D eigenvalue weighted by atomic mass is 32.2. The van der Waals surface area contributed by atoms with Crippen molar-refractivity contribution in [2.45, 2.75) is 9.79 Å². The van der Waals surface area contributed by atoms with Gasteiger partial charge in [-0.15, -0.1) is 0 Å². The van der Waals surface area contributed by atoms with Crippen molar-refractivity contribution < 1.29 is 20.0 Å². The molecule has 0 radical (unpaired) electrons. The molecule has 21 heavy (non-hydrogen) atoms. The molecular formula is C15H14O4S2. The zero-order chi connectivity index (χ0) is 14.9. The van der Waals surface area contributed by atoms with Crippen molar-refractivity contribution in [2.24, 2.45) is 0 Å². The molecule has 0 unspecified atom stereocenters. The number of benzene rings is 2. The number of aromatic hydroxyl groups is 2. The number of hydrogen-bond donors (Lipinski definition) is 2. The topological polar surface area (TPSA) is 58.9 Å². The average Bonchev–Trinajstić information content (AvgIpc) is 2.50. The maximum atomic E-state index is 9.15. The molecule has 2 N–H and O–H groups in total. The van der Waals surface area contributed by atoms with Gasteiger partial charge in [0.15, 0.2) is 0 Å². The quantitative estimate of drug-likeness (QED) is 0.197. The zero-order valence-corrected chi connectivity index (χ0v) is 12.6. The third-order valence-corrected chi connectivity index (χ3v) is 3.94. The fraction of sp³-hybridized carbons (Fsp3) is 0.0667. The van der Waals surface area contributed by atoms with E-state index in [2.05, 4.69) is 0 Å². The maximum absolute atomic E-state index is 9.15. The molecule has 2 aromatic rings. The minimum atomic E-state index is 0.241. The fourth-order valence-corrected chi connectivity index (χ4v) is 2.47. The normalized spacial score (nSPS) is 10.9. The van der Waals surface area contributed by atoms with E-state index in [-0.39, 0.29) is 11.5 Å². The number of thioether (sulfide) groups is 2. The van der Waals surface area contributed by atoms with Crippen LogP contribution in [0.5, 0.6) is 11.5 Å². The predicted octanol–water partition coefficient (Wildman–Crippen LogP) is 4.36. The number of phenols is 2. The molecule has 2 rings (SSSR count). The predicted molar refractivity (Wildman–Crippen MR) is 84.1 cm³/mol. The van der Waals surface area contributed by atoms with Gasteiger partial charge in [-0.2, -0.15) is 4.89 Å². The summed E-state index contributed by atoms with van der Waals surface area (Å²) in [6.07, 6.45) is 1.45. The molecule has 6 heteroatoms. The second kappa shape index (κ2) is 8.51. The zero-order valence-electron chi connectivity index (χ0n) is 11.0. The lowest BCUT2D eigenvalue weighted by molar-refractivity contribution is -0.229. The Hall–Kier alpha value is -1.76. The summed E-state index contributed by atoms with van der Waals surface area (Å²) < 4.78 is 0. The van der Waals surface area contributed by atoms with Gasteiger partial charge >= 0.3 is 0 Å². The van der Waals surface area contributed by atoms with Crippen molar-refractivity contribution in [3.8, 4) is 11.5 Å². The molecule has 0 saturated carbocycles. The highest BCUT2D eigenvalue weighted by Crippen LogP contribution is 2.22. The molecule has 0 atom stereocenters. The van der Waals surface area contributed by atoms with E-state index in [1.54, 1.807) is 41.8 Å². The molecule has 0 amide bonds. The summed E-state index contributed by atoms with van der Waals surface area (Å²) in [5.74, 6) is 0.832. The molecule has 0 aliphatic heterocycles. The molecule has 0 saturated heterocycles. The van der Waals surface area contributed by atoms with Crippen LogP contribution in [0.1, 0.15) is 0 Å². The summed E-state index contributed by atoms with van der Waals surface area (Å²) in [6.45, 7) is 0. The standard InChI is InChI=1S/C15H14O4S2/c16-12-1-5-14(6-2-12)20-10-9-18-19-11-21-15-7-3-13(17)4-8-15/h1-10,16-17H,11H2/b10-9+. The number of rotatable bonds is 7. The van der Waals surface area contributed by atoms with Gasteiger partial charge in [0.2, 0.25) is 0 Å². The lowest BCUT2D eigenvalue weighted by atomic mass is 10.3. The lowest BCUT2D eigenvalue weighted by Gasteiger charge is -2.01. The molecule has 0 aliphatic rings. The monoisotopic (exact) mass is 322 g/mol. The van der Waals surface area contributed by atoms with Crippen LogP contribution in [0.3, 0.4) is 0 Å². The van der Waals surface area contributed by atoms with E-state index in [4.69, 9.17) is 20.0 Å². The molecule has 110 valence electrons. The van der Waals surface area contributed by atoms with Crippen molar-refractivity contribution in [3.05, 3.63) is 60.2 Å². The Kier molecular flexibility index (Phi) is 6.33. The van der Waals surface area contributed by atoms with Crippen molar-refractivity contribution in [1.29, 1.82) is 0 Å². The Labute approximate surface area is 131 Å². The van der Waals surface area contributed by atoms with E-state index in [1.807, 2.05) is 12.1 Å². The summed E-state index contributed by atoms with van der Waals surface area (Å²) in [4.78, 5) is 11.9. The smallest absolute Gasteiger partial charge is 0.144 e. The first-order valence-corrected chi connectivity index (χ1v) is 7.91. The van der Waals surface area contributed by atoms with Gasteiger partial charge in [-0.3, -0.25) is 0 Å². The van der Waals surface area contributed by atoms with Crippen molar-refractivity contribution in [1.82, 2.24) is 0 Å². The van der Waals surface area contributed by atoms with Gasteiger partial charge in [-0.05, 0) is 48.5 Å². The summed E-state index contributed by atoms with van der Waals surface area (Å²) in [5, 5.41) is 20.0. The summed E-state index contributed by atoms with van der Waals surface area (Å²) >= 11 is 2.91. The van der Waals surface area contributed by atoms with E-state index in [1.165, 1.54) is 29.8 Å². The molecule has 0 bridgehead atoms. The van der Waals surface area contributed by atoms with Gasteiger partial charge in [0.05, 0.1) is 0 Å². The third kappa shape index (κ3) is 6.03. The lowest BCUT2D eigenvalue weighted by Crippen LogP contribution is -1.86. The van der Waals surface area contributed by atoms with Crippen molar-refractivity contribution in [3.63, 3.8) is 0 Å². The maximum Gasteiger partial charge on any atom is 0.144 e. The fourth-order valence-electron chi connectivity index (χ4n) is 1.36. The molecule has 0 aromatic heterocycles. The van der Waals surface area contributed by atoms with Crippen LogP contribution in [-0.4, -0.2) is 16.2 Å². The summed E-state index contributed by atoms with van der Waals surface area (Å²) in [6, 6.07) is 13.7. The van der Waals surface area contributed by atoms with Gasteiger partial charge in [0, 0.05) is 15.2 Å². The van der Waals surface area contributed by atoms with Crippen molar-refractivity contribution in [2.75, 3.05) is 5.94 Å². The Bertz CT molecular complexity index is 567. The first-order chi connectivity index (χ1) is 10.2. The summed E-state index contributed by atoms with van der Waals surface area (Å²) in [7, 11) is 0. The number of phenolic OH excluding ortho intramolecular Hbond substituents is 2. The van der Waals surface area contributed by atoms with Gasteiger partial charge < -0.3 is 15.1 Å². The Morgan fingerprint density at radius 1 is 0.857 bits per heavy atom. The van der Waals surface area contributed by atoms with Crippen LogP contribution in [0.15, 0.2) is 70.0 Å². The SMILES string of the molecule is Oc1ccc(S/C=C/OOCSc2ccc(O)cc2)cc1. The van der Waals surface area contributed by atoms with Gasteiger partial charge in [-0.25, -0.2) is 0 Å². The minimum Gasteiger partial charge on any atom is -0.508 e. The van der Waals surface area contributed by atoms with Crippen LogP contribution >= 0.6 is 23.5 Å². The highest BCUT2D eigenvalue weighted by Gasteiger charge is 1.95. The van der Waals surface area contributed by atoms with Crippen LogP contribution in [0, 0.1) is 0 Å². The average molecular weight is 322 g/mol. The first-order valence-electron chi connectivity index (χ1n) is 6.05. The molecule has 0 fully saturated rings. The van der Waals surface area contributed by atoms with E-state index >= 15 is 0 Å². The van der Waals surface area contributed by atoms with Crippen LogP contribution in [0.2, 0.25) is 0 Å². The molecule has 0 spiro atoms. The van der Waals surface area contributed by atoms with Crippen LogP contribution < -0.4 is 0 Å². The molecule has 4 nitrogen and oxygen atoms in total. The van der Waals surface area contributed by atoms with E-state index in [0.717, 1.165) is 9.79 Å². The van der Waals surface area contributed by atoms with Crippen LogP contribution in [-0.2, 0) is 9.78 Å². The van der Waals surface area contributed by atoms with Gasteiger partial charge in [-0.1, -0.05) is 23.5 Å². The Morgan fingerprint density at radius 2 is 1.43 bits per heavy atom. The van der Waals surface area contributed by atoms with Crippen LogP contribution in [0.4, 0.5) is 0 Å². The summed E-state index contributed by atoms with van der Waals surface area (Å²) in [5.41, 5.74) is 0. The Morgan fingerprint density at radius 3 is 2.05 bits per heavy atom. The number of hydrogen-bond acceptors (Lipinski definition) is 6. The largest absolute Gasteiger partial charge is 0.508 e. The van der Waals surface area contributed by atoms with Gasteiger partial charge in [0.25, 0.3) is 0 Å². The molecular weight excluding hydrogens is 308 g/mol. The second-order valence-corrected chi connectivity index (χ2v) is 5.83. The Balaban J connectivity index is 1.60.